The van der Waals surface area contributed by atoms with E-state index in [-0.39, 0.29) is 51.4 Å². The van der Waals surface area contributed by atoms with Gasteiger partial charge in [0.15, 0.2) is 0 Å². The monoisotopic (exact) mass is 216 g/mol. The molecule has 0 unspecified atom stereocenters. The second kappa shape index (κ2) is 4.77. The summed E-state index contributed by atoms with van der Waals surface area (Å²) in [7, 11) is 0. The second-order valence-electron chi connectivity index (χ2n) is 3.43. The van der Waals surface area contributed by atoms with Crippen molar-refractivity contribution >= 4 is 21.5 Å². The molecule has 15 heavy (non-hydrogen) atoms. The van der Waals surface area contributed by atoms with Crippen molar-refractivity contribution in [1.29, 1.82) is 0 Å². The van der Waals surface area contributed by atoms with Crippen LogP contribution in [-0.2, 0) is 0 Å². The van der Waals surface area contributed by atoms with Crippen LogP contribution in [0.25, 0.3) is 21.5 Å². The smallest absolute Gasteiger partial charge is 0.183 e. The summed E-state index contributed by atoms with van der Waals surface area (Å²) in [6.45, 7) is 0. The molecule has 0 aliphatic heterocycles. The number of hydrogen-bond acceptors (Lipinski definition) is 0. The van der Waals surface area contributed by atoms with Crippen molar-refractivity contribution in [2.45, 2.75) is 0 Å². The first-order valence-electron chi connectivity index (χ1n) is 4.73. The maximum atomic E-state index is 3.13. The van der Waals surface area contributed by atoms with E-state index in [0.29, 0.717) is 0 Å². The van der Waals surface area contributed by atoms with Crippen LogP contribution in [-0.4, -0.2) is 0 Å². The largest absolute Gasteiger partial charge is 1.00 e. The maximum absolute atomic E-state index is 3.13. The number of hydrogen-bond donors (Lipinski definition) is 0. The number of fused-ring (bicyclic) bond motifs is 3. The van der Waals surface area contributed by atoms with E-state index in [4.69, 9.17) is 0 Å². The third-order valence-corrected chi connectivity index (χ3v) is 2.59. The standard InChI is InChI=1S/C14H9.K/c1-3-7-13-11(5-1)9-10-12-6-2-4-8-14(12)13;/h1-3,5-10H;/q-1;+1. The second-order valence-corrected chi connectivity index (χ2v) is 3.43. The van der Waals surface area contributed by atoms with Crippen molar-refractivity contribution < 1.29 is 51.4 Å². The zero-order valence-corrected chi connectivity index (χ0v) is 11.8. The van der Waals surface area contributed by atoms with Crippen molar-refractivity contribution in [1.82, 2.24) is 0 Å². The van der Waals surface area contributed by atoms with E-state index in [1.807, 2.05) is 6.07 Å². The Labute approximate surface area is 132 Å². The van der Waals surface area contributed by atoms with Gasteiger partial charge in [-0.25, -0.2) is 0 Å². The van der Waals surface area contributed by atoms with Crippen LogP contribution in [0.3, 0.4) is 0 Å². The molecule has 1 heteroatoms. The van der Waals surface area contributed by atoms with Gasteiger partial charge in [-0.3, -0.25) is 0 Å². The molecule has 0 fully saturated rings. The van der Waals surface area contributed by atoms with Crippen LogP contribution in [0.5, 0.6) is 0 Å². The molecule has 3 aromatic rings. The minimum Gasteiger partial charge on any atom is -0.183 e. The molecule has 0 nitrogen and oxygen atoms in total. The molecule has 0 saturated carbocycles. The van der Waals surface area contributed by atoms with Crippen molar-refractivity contribution in [2.75, 3.05) is 0 Å². The molecule has 0 aliphatic carbocycles. The molecular formula is C14H9K. The molecule has 0 aromatic heterocycles. The zero-order chi connectivity index (χ0) is 9.38. The summed E-state index contributed by atoms with van der Waals surface area (Å²) in [6, 6.07) is 22.0. The summed E-state index contributed by atoms with van der Waals surface area (Å²) in [4.78, 5) is 0. The summed E-state index contributed by atoms with van der Waals surface area (Å²) in [5, 5.41) is 5.16. The van der Waals surface area contributed by atoms with Crippen LogP contribution in [0.1, 0.15) is 0 Å². The molecular weight excluding hydrogens is 207 g/mol. The predicted octanol–water partition coefficient (Wildman–Crippen LogP) is 0.797. The van der Waals surface area contributed by atoms with E-state index in [9.17, 15) is 0 Å². The summed E-state index contributed by atoms with van der Waals surface area (Å²) in [6.07, 6.45) is 0. The average molecular weight is 216 g/mol. The van der Waals surface area contributed by atoms with Gasteiger partial charge in [-0.05, 0) is 5.39 Å². The normalized spacial score (nSPS) is 10.1. The van der Waals surface area contributed by atoms with Gasteiger partial charge in [0, 0.05) is 0 Å². The van der Waals surface area contributed by atoms with Crippen LogP contribution in [0.4, 0.5) is 0 Å². The van der Waals surface area contributed by atoms with Gasteiger partial charge in [0.25, 0.3) is 0 Å². The van der Waals surface area contributed by atoms with Gasteiger partial charge in [0.05, 0.1) is 0 Å². The first kappa shape index (κ1) is 11.3. The van der Waals surface area contributed by atoms with Gasteiger partial charge in [-0.15, -0.1) is 10.8 Å². The number of rotatable bonds is 0. The van der Waals surface area contributed by atoms with Gasteiger partial charge in [0.1, 0.15) is 0 Å². The minimum atomic E-state index is 0. The average Bonchev–Trinajstić information content (AvgIpc) is 2.29. The van der Waals surface area contributed by atoms with Crippen molar-refractivity contribution in [3.8, 4) is 0 Å². The Hall–Kier alpha value is -0.184. The first-order valence-corrected chi connectivity index (χ1v) is 4.73. The minimum absolute atomic E-state index is 0. The summed E-state index contributed by atoms with van der Waals surface area (Å²) < 4.78 is 0. The molecule has 0 heterocycles. The van der Waals surface area contributed by atoms with Crippen molar-refractivity contribution in [3.63, 3.8) is 0 Å². The van der Waals surface area contributed by atoms with Crippen LogP contribution in [0.2, 0.25) is 0 Å². The van der Waals surface area contributed by atoms with Gasteiger partial charge in [-0.1, -0.05) is 41.8 Å². The molecule has 0 spiro atoms. The fraction of sp³-hybridized carbons (Fsp3) is 0. The summed E-state index contributed by atoms with van der Waals surface area (Å²) in [5.74, 6) is 0. The number of benzene rings is 3. The fourth-order valence-electron chi connectivity index (χ4n) is 1.89. The van der Waals surface area contributed by atoms with E-state index in [2.05, 4.69) is 54.6 Å². The zero-order valence-electron chi connectivity index (χ0n) is 8.70. The molecule has 0 saturated heterocycles. The molecule has 0 radical (unpaired) electrons. The van der Waals surface area contributed by atoms with Crippen LogP contribution >= 0.6 is 0 Å². The fourth-order valence-corrected chi connectivity index (χ4v) is 1.89. The van der Waals surface area contributed by atoms with Gasteiger partial charge in [0.2, 0.25) is 0 Å². The Balaban J connectivity index is 0.000000853. The first-order chi connectivity index (χ1) is 6.95. The molecule has 0 aliphatic rings. The topological polar surface area (TPSA) is 0 Å². The Kier molecular flexibility index (Phi) is 3.59. The van der Waals surface area contributed by atoms with Gasteiger partial charge in [-0.2, -0.15) is 24.3 Å². The Morgan fingerprint density at radius 3 is 2.33 bits per heavy atom. The van der Waals surface area contributed by atoms with Crippen LogP contribution in [0.15, 0.2) is 54.6 Å². The van der Waals surface area contributed by atoms with E-state index in [1.165, 1.54) is 21.5 Å². The molecule has 3 aromatic carbocycles. The van der Waals surface area contributed by atoms with E-state index < -0.39 is 0 Å². The molecule has 0 N–H and O–H groups in total. The molecule has 0 atom stereocenters. The molecule has 3 rings (SSSR count). The quantitative estimate of drug-likeness (QED) is 0.296. The Bertz CT molecular complexity index is 544. The van der Waals surface area contributed by atoms with Gasteiger partial charge >= 0.3 is 51.4 Å². The third kappa shape index (κ3) is 2.03. The Morgan fingerprint density at radius 2 is 1.47 bits per heavy atom. The van der Waals surface area contributed by atoms with E-state index >= 15 is 0 Å². The SMILES string of the molecule is [K+].[c-]1ccc2ccc3ccccc3c2c1. The summed E-state index contributed by atoms with van der Waals surface area (Å²) >= 11 is 0. The Morgan fingerprint density at radius 1 is 0.733 bits per heavy atom. The van der Waals surface area contributed by atoms with E-state index in [1.54, 1.807) is 0 Å². The van der Waals surface area contributed by atoms with E-state index in [0.717, 1.165) is 0 Å². The van der Waals surface area contributed by atoms with Crippen LogP contribution < -0.4 is 51.4 Å². The molecule has 0 amide bonds. The van der Waals surface area contributed by atoms with Crippen LogP contribution in [0, 0.1) is 6.07 Å². The van der Waals surface area contributed by atoms with Crippen molar-refractivity contribution in [2.24, 2.45) is 0 Å². The van der Waals surface area contributed by atoms with Crippen molar-refractivity contribution in [3.05, 3.63) is 60.7 Å². The molecule has 0 bridgehead atoms. The predicted molar refractivity (Wildman–Crippen MR) is 60.3 cm³/mol. The third-order valence-electron chi connectivity index (χ3n) is 2.59. The summed E-state index contributed by atoms with van der Waals surface area (Å²) in [5.41, 5.74) is 0. The van der Waals surface area contributed by atoms with Gasteiger partial charge < -0.3 is 0 Å². The molecule has 66 valence electrons. The maximum Gasteiger partial charge on any atom is 1.00 e.